The number of carbonyl (C=O) groups is 2. The topological polar surface area (TPSA) is 58.6 Å². The predicted molar refractivity (Wildman–Crippen MR) is 69.2 cm³/mol. The molecule has 0 spiro atoms. The minimum Gasteiger partial charge on any atom is -0.442 e. The lowest BCUT2D eigenvalue weighted by Gasteiger charge is -2.17. The van der Waals surface area contributed by atoms with Crippen LogP contribution in [0.5, 0.6) is 0 Å². The molecule has 1 heterocycles. The van der Waals surface area contributed by atoms with Crippen molar-refractivity contribution in [1.82, 2.24) is 10.2 Å². The summed E-state index contributed by atoms with van der Waals surface area (Å²) in [5.41, 5.74) is 0. The first-order chi connectivity index (χ1) is 8.49. The second-order valence-electron chi connectivity index (χ2n) is 5.01. The molecule has 2 amide bonds. The maximum Gasteiger partial charge on any atom is 0.410 e. The molecular formula is C13H24N2O3. The van der Waals surface area contributed by atoms with Gasteiger partial charge in [-0.3, -0.25) is 4.79 Å². The Hall–Kier alpha value is -1.26. The van der Waals surface area contributed by atoms with Crippen molar-refractivity contribution in [2.45, 2.75) is 52.7 Å². The first kappa shape index (κ1) is 14.8. The standard InChI is InChI=1S/C13H24N2O3/c1-5-10(6-2)12(16)14-7-11-8-15(9(3)4)13(17)18-11/h9-11H,5-8H2,1-4H3,(H,14,16). The van der Waals surface area contributed by atoms with Gasteiger partial charge in [0.05, 0.1) is 13.1 Å². The quantitative estimate of drug-likeness (QED) is 0.788. The Bertz CT molecular complexity index is 301. The lowest BCUT2D eigenvalue weighted by Crippen LogP contribution is -2.38. The van der Waals surface area contributed by atoms with Crippen molar-refractivity contribution in [3.63, 3.8) is 0 Å². The Morgan fingerprint density at radius 3 is 2.50 bits per heavy atom. The first-order valence-corrected chi connectivity index (χ1v) is 6.74. The van der Waals surface area contributed by atoms with Crippen molar-refractivity contribution in [1.29, 1.82) is 0 Å². The highest BCUT2D eigenvalue weighted by atomic mass is 16.6. The van der Waals surface area contributed by atoms with E-state index in [0.29, 0.717) is 13.1 Å². The number of nitrogens with one attached hydrogen (secondary N) is 1. The number of ether oxygens (including phenoxy) is 1. The van der Waals surface area contributed by atoms with Gasteiger partial charge in [0.15, 0.2) is 0 Å². The van der Waals surface area contributed by atoms with Gasteiger partial charge in [0, 0.05) is 12.0 Å². The van der Waals surface area contributed by atoms with Gasteiger partial charge in [-0.05, 0) is 26.7 Å². The fraction of sp³-hybridized carbons (Fsp3) is 0.846. The molecule has 1 N–H and O–H groups in total. The second kappa shape index (κ2) is 6.61. The van der Waals surface area contributed by atoms with Crippen molar-refractivity contribution in [2.75, 3.05) is 13.1 Å². The molecule has 5 heteroatoms. The van der Waals surface area contributed by atoms with E-state index in [9.17, 15) is 9.59 Å². The Morgan fingerprint density at radius 2 is 2.06 bits per heavy atom. The Morgan fingerprint density at radius 1 is 1.44 bits per heavy atom. The second-order valence-corrected chi connectivity index (χ2v) is 5.01. The molecule has 0 aromatic rings. The third kappa shape index (κ3) is 3.62. The Balaban J connectivity index is 2.37. The van der Waals surface area contributed by atoms with Crippen LogP contribution in [0.4, 0.5) is 4.79 Å². The molecule has 1 unspecified atom stereocenters. The molecule has 0 saturated carbocycles. The molecule has 18 heavy (non-hydrogen) atoms. The smallest absolute Gasteiger partial charge is 0.410 e. The van der Waals surface area contributed by atoms with Gasteiger partial charge < -0.3 is 15.0 Å². The van der Waals surface area contributed by atoms with Crippen LogP contribution in [-0.4, -0.2) is 42.1 Å². The molecule has 1 fully saturated rings. The zero-order chi connectivity index (χ0) is 13.7. The fourth-order valence-corrected chi connectivity index (χ4v) is 2.09. The normalized spacial score (nSPS) is 19.6. The number of rotatable bonds is 6. The maximum atomic E-state index is 11.8. The van der Waals surface area contributed by atoms with E-state index in [4.69, 9.17) is 4.74 Å². The average Bonchev–Trinajstić information content (AvgIpc) is 2.69. The monoisotopic (exact) mass is 256 g/mol. The van der Waals surface area contributed by atoms with Crippen LogP contribution in [0.1, 0.15) is 40.5 Å². The highest BCUT2D eigenvalue weighted by Crippen LogP contribution is 2.14. The van der Waals surface area contributed by atoms with Crippen LogP contribution in [-0.2, 0) is 9.53 Å². The molecule has 0 bridgehead atoms. The largest absolute Gasteiger partial charge is 0.442 e. The van der Waals surface area contributed by atoms with E-state index in [1.165, 1.54) is 0 Å². The molecule has 0 aromatic heterocycles. The third-order valence-corrected chi connectivity index (χ3v) is 3.39. The van der Waals surface area contributed by atoms with Crippen molar-refractivity contribution < 1.29 is 14.3 Å². The highest BCUT2D eigenvalue weighted by molar-refractivity contribution is 5.78. The van der Waals surface area contributed by atoms with Crippen molar-refractivity contribution in [3.8, 4) is 0 Å². The van der Waals surface area contributed by atoms with Crippen molar-refractivity contribution in [2.24, 2.45) is 5.92 Å². The van der Waals surface area contributed by atoms with Gasteiger partial charge in [0.1, 0.15) is 6.10 Å². The molecule has 1 aliphatic heterocycles. The summed E-state index contributed by atoms with van der Waals surface area (Å²) in [4.78, 5) is 25.0. The van der Waals surface area contributed by atoms with Gasteiger partial charge in [-0.2, -0.15) is 0 Å². The van der Waals surface area contributed by atoms with Crippen LogP contribution in [0.3, 0.4) is 0 Å². The molecule has 0 aromatic carbocycles. The van der Waals surface area contributed by atoms with Crippen molar-refractivity contribution in [3.05, 3.63) is 0 Å². The van der Waals surface area contributed by atoms with E-state index in [1.54, 1.807) is 4.90 Å². The minimum atomic E-state index is -0.285. The van der Waals surface area contributed by atoms with E-state index in [1.807, 2.05) is 27.7 Å². The Labute approximate surface area is 109 Å². The molecule has 1 rings (SSSR count). The summed E-state index contributed by atoms with van der Waals surface area (Å²) in [6.07, 6.45) is 1.17. The average molecular weight is 256 g/mol. The molecule has 1 atom stereocenters. The molecular weight excluding hydrogens is 232 g/mol. The van der Waals surface area contributed by atoms with Gasteiger partial charge in [-0.1, -0.05) is 13.8 Å². The van der Waals surface area contributed by atoms with Crippen LogP contribution in [0.15, 0.2) is 0 Å². The predicted octanol–water partition coefficient (Wildman–Crippen LogP) is 1.77. The summed E-state index contributed by atoms with van der Waals surface area (Å²) in [7, 11) is 0. The number of carbonyl (C=O) groups excluding carboxylic acids is 2. The summed E-state index contributed by atoms with van der Waals surface area (Å²) in [5, 5.41) is 2.86. The zero-order valence-corrected chi connectivity index (χ0v) is 11.7. The third-order valence-electron chi connectivity index (χ3n) is 3.39. The summed E-state index contributed by atoms with van der Waals surface area (Å²) >= 11 is 0. The summed E-state index contributed by atoms with van der Waals surface area (Å²) in [6, 6.07) is 0.136. The summed E-state index contributed by atoms with van der Waals surface area (Å²) in [6.45, 7) is 8.87. The van der Waals surface area contributed by atoms with Crippen LogP contribution >= 0.6 is 0 Å². The molecule has 1 aliphatic rings. The zero-order valence-electron chi connectivity index (χ0n) is 11.7. The van der Waals surface area contributed by atoms with Crippen LogP contribution < -0.4 is 5.32 Å². The number of hydrogen-bond acceptors (Lipinski definition) is 3. The first-order valence-electron chi connectivity index (χ1n) is 6.74. The van der Waals surface area contributed by atoms with Gasteiger partial charge in [0.2, 0.25) is 5.91 Å². The van der Waals surface area contributed by atoms with E-state index in [0.717, 1.165) is 12.8 Å². The van der Waals surface area contributed by atoms with E-state index in [-0.39, 0.29) is 30.1 Å². The lowest BCUT2D eigenvalue weighted by molar-refractivity contribution is -0.125. The molecule has 0 radical (unpaired) electrons. The van der Waals surface area contributed by atoms with Crippen LogP contribution in [0.25, 0.3) is 0 Å². The van der Waals surface area contributed by atoms with Gasteiger partial charge in [-0.15, -0.1) is 0 Å². The lowest BCUT2D eigenvalue weighted by atomic mass is 10.0. The van der Waals surface area contributed by atoms with Crippen LogP contribution in [0.2, 0.25) is 0 Å². The number of nitrogens with zero attached hydrogens (tertiary/aromatic N) is 1. The molecule has 1 saturated heterocycles. The summed E-state index contributed by atoms with van der Waals surface area (Å²) in [5.74, 6) is 0.113. The van der Waals surface area contributed by atoms with Crippen LogP contribution in [0, 0.1) is 5.92 Å². The van der Waals surface area contributed by atoms with E-state index in [2.05, 4.69) is 5.32 Å². The molecule has 0 aliphatic carbocycles. The molecule has 5 nitrogen and oxygen atoms in total. The minimum absolute atomic E-state index is 0.0547. The SMILES string of the molecule is CCC(CC)C(=O)NCC1CN(C(C)C)C(=O)O1. The maximum absolute atomic E-state index is 11.8. The van der Waals surface area contributed by atoms with E-state index < -0.39 is 0 Å². The number of cyclic esters (lactones) is 1. The van der Waals surface area contributed by atoms with Crippen molar-refractivity contribution >= 4 is 12.0 Å². The van der Waals surface area contributed by atoms with Gasteiger partial charge in [-0.25, -0.2) is 4.79 Å². The highest BCUT2D eigenvalue weighted by Gasteiger charge is 2.33. The van der Waals surface area contributed by atoms with E-state index >= 15 is 0 Å². The Kier molecular flexibility index (Phi) is 5.44. The fourth-order valence-electron chi connectivity index (χ4n) is 2.09. The van der Waals surface area contributed by atoms with Gasteiger partial charge in [0.25, 0.3) is 0 Å². The summed E-state index contributed by atoms with van der Waals surface area (Å²) < 4.78 is 5.20. The number of amides is 2. The van der Waals surface area contributed by atoms with Gasteiger partial charge >= 0.3 is 6.09 Å². The molecule has 104 valence electrons. The number of hydrogen-bond donors (Lipinski definition) is 1.